The first-order chi connectivity index (χ1) is 14.0. The molecule has 4 nitrogen and oxygen atoms in total. The number of nitriles is 1. The Kier molecular flexibility index (Phi) is 5.02. The number of hydrogen-bond donors (Lipinski definition) is 0. The van der Waals surface area contributed by atoms with Crippen molar-refractivity contribution in [2.45, 2.75) is 31.6 Å². The Hall–Kier alpha value is -3.26. The number of rotatable bonds is 3. The molecule has 0 amide bonds. The number of allylic oxidation sites excluding steroid dienone is 2. The zero-order chi connectivity index (χ0) is 20.5. The van der Waals surface area contributed by atoms with Crippen molar-refractivity contribution in [3.05, 3.63) is 76.7 Å². The van der Waals surface area contributed by atoms with Crippen molar-refractivity contribution < 1.29 is 13.9 Å². The second-order valence-electron chi connectivity index (χ2n) is 7.55. The number of hydrogen-bond acceptors (Lipinski definition) is 4. The Morgan fingerprint density at radius 2 is 1.72 bits per heavy atom. The van der Waals surface area contributed by atoms with Gasteiger partial charge in [0.05, 0.1) is 19.1 Å². The first kappa shape index (κ1) is 19.1. The maximum Gasteiger partial charge on any atom is 0.161 e. The number of carbonyl (C=O) groups excluding carboxylic acids is 1. The molecule has 1 aliphatic carbocycles. The van der Waals surface area contributed by atoms with Crippen molar-refractivity contribution >= 4 is 11.5 Å². The Balaban J connectivity index is 1.74. The Morgan fingerprint density at radius 1 is 1.07 bits per heavy atom. The van der Waals surface area contributed by atoms with Crippen LogP contribution in [0.1, 0.15) is 42.7 Å². The van der Waals surface area contributed by atoms with E-state index >= 15 is 0 Å². The van der Waals surface area contributed by atoms with Gasteiger partial charge in [0.1, 0.15) is 11.6 Å². The van der Waals surface area contributed by atoms with Crippen molar-refractivity contribution in [1.82, 2.24) is 0 Å². The van der Waals surface area contributed by atoms with Crippen LogP contribution in [0.5, 0.6) is 5.75 Å². The maximum absolute atomic E-state index is 13.4. The summed E-state index contributed by atoms with van der Waals surface area (Å²) in [6.07, 6.45) is 1.01. The summed E-state index contributed by atoms with van der Waals surface area (Å²) >= 11 is 0. The van der Waals surface area contributed by atoms with Crippen molar-refractivity contribution in [1.29, 1.82) is 5.26 Å². The van der Waals surface area contributed by atoms with E-state index in [1.807, 2.05) is 31.2 Å². The van der Waals surface area contributed by atoms with Crippen LogP contribution >= 0.6 is 0 Å². The van der Waals surface area contributed by atoms with Gasteiger partial charge in [-0.1, -0.05) is 24.3 Å². The van der Waals surface area contributed by atoms with Gasteiger partial charge >= 0.3 is 0 Å². The highest BCUT2D eigenvalue weighted by Crippen LogP contribution is 2.46. The van der Waals surface area contributed by atoms with Crippen LogP contribution in [0.4, 0.5) is 4.39 Å². The number of ether oxygens (including phenoxy) is 1. The van der Waals surface area contributed by atoms with E-state index in [1.165, 1.54) is 12.1 Å². The molecule has 1 aliphatic heterocycles. The van der Waals surface area contributed by atoms with Crippen molar-refractivity contribution in [3.8, 4) is 11.8 Å². The standard InChI is InChI=1S/C24H21FN2O2/c1-14-20(13-26)23(16-3-7-18(25)8-4-16)24-21(27-14)11-17(12-22(24)28)15-5-9-19(29-2)10-6-15/h3-10,17,20,23H,11-12H2,1-2H3/t17-,20?,23+/m1/s1. The van der Waals surface area contributed by atoms with Crippen LogP contribution in [0, 0.1) is 23.1 Å². The largest absolute Gasteiger partial charge is 0.497 e. The number of aliphatic imine (C=N–C) groups is 1. The molecule has 4 rings (SSSR count). The number of benzene rings is 2. The Morgan fingerprint density at radius 3 is 2.34 bits per heavy atom. The van der Waals surface area contributed by atoms with E-state index in [-0.39, 0.29) is 17.5 Å². The molecule has 2 aliphatic rings. The van der Waals surface area contributed by atoms with Crippen LogP contribution < -0.4 is 4.74 Å². The zero-order valence-electron chi connectivity index (χ0n) is 16.4. The molecule has 0 radical (unpaired) electrons. The van der Waals surface area contributed by atoms with Crippen molar-refractivity contribution in [2.75, 3.05) is 7.11 Å². The molecule has 5 heteroatoms. The summed E-state index contributed by atoms with van der Waals surface area (Å²) in [5.41, 5.74) is 3.90. The first-order valence-corrected chi connectivity index (χ1v) is 9.62. The highest BCUT2D eigenvalue weighted by atomic mass is 19.1. The lowest BCUT2D eigenvalue weighted by molar-refractivity contribution is -0.116. The predicted molar refractivity (Wildman–Crippen MR) is 108 cm³/mol. The number of Topliss-reactive ketones (excluding diaryl/α,β-unsaturated/α-hetero) is 1. The minimum atomic E-state index is -0.527. The van der Waals surface area contributed by atoms with Gasteiger partial charge in [0.25, 0.3) is 0 Å². The summed E-state index contributed by atoms with van der Waals surface area (Å²) in [5.74, 6) is -0.449. The Labute approximate surface area is 169 Å². The van der Waals surface area contributed by atoms with E-state index in [0.717, 1.165) is 22.6 Å². The molecule has 1 heterocycles. The van der Waals surface area contributed by atoms with Gasteiger partial charge in [-0.15, -0.1) is 0 Å². The fourth-order valence-electron chi connectivity index (χ4n) is 4.37. The highest BCUT2D eigenvalue weighted by Gasteiger charge is 2.41. The summed E-state index contributed by atoms with van der Waals surface area (Å²) in [4.78, 5) is 17.9. The molecule has 0 aromatic heterocycles. The molecule has 29 heavy (non-hydrogen) atoms. The molecule has 0 N–H and O–H groups in total. The lowest BCUT2D eigenvalue weighted by Crippen LogP contribution is -2.32. The number of carbonyl (C=O) groups is 1. The SMILES string of the molecule is COc1ccc([C@H]2CC(=O)C3=C(C2)N=C(C)C(C#N)[C@@H]3c2ccc(F)cc2)cc1. The van der Waals surface area contributed by atoms with E-state index in [4.69, 9.17) is 4.74 Å². The second-order valence-corrected chi connectivity index (χ2v) is 7.55. The molecular formula is C24H21FN2O2. The quantitative estimate of drug-likeness (QED) is 0.749. The molecule has 0 saturated heterocycles. The van der Waals surface area contributed by atoms with Crippen LogP contribution in [0.15, 0.2) is 64.8 Å². The van der Waals surface area contributed by atoms with Crippen LogP contribution in [-0.4, -0.2) is 18.6 Å². The van der Waals surface area contributed by atoms with E-state index in [0.29, 0.717) is 24.1 Å². The minimum absolute atomic E-state index is 0.0119. The van der Waals surface area contributed by atoms with Gasteiger partial charge in [0, 0.05) is 29.3 Å². The summed E-state index contributed by atoms with van der Waals surface area (Å²) in [6.45, 7) is 1.83. The topological polar surface area (TPSA) is 62.4 Å². The number of ketones is 1. The number of halogens is 1. The third kappa shape index (κ3) is 3.47. The molecule has 3 atom stereocenters. The van der Waals surface area contributed by atoms with Crippen LogP contribution in [-0.2, 0) is 4.79 Å². The summed E-state index contributed by atoms with van der Waals surface area (Å²) < 4.78 is 18.7. The van der Waals surface area contributed by atoms with Crippen LogP contribution in [0.3, 0.4) is 0 Å². The smallest absolute Gasteiger partial charge is 0.161 e. The molecular weight excluding hydrogens is 367 g/mol. The average molecular weight is 388 g/mol. The molecule has 2 aromatic rings. The monoisotopic (exact) mass is 388 g/mol. The molecule has 146 valence electrons. The summed E-state index contributed by atoms with van der Waals surface area (Å²) in [7, 11) is 1.62. The van der Waals surface area contributed by atoms with E-state index in [1.54, 1.807) is 19.2 Å². The predicted octanol–water partition coefficient (Wildman–Crippen LogP) is 4.93. The number of methoxy groups -OCH3 is 1. The van der Waals surface area contributed by atoms with E-state index < -0.39 is 11.8 Å². The van der Waals surface area contributed by atoms with E-state index in [9.17, 15) is 14.4 Å². The van der Waals surface area contributed by atoms with E-state index in [2.05, 4.69) is 11.1 Å². The van der Waals surface area contributed by atoms with Gasteiger partial charge in [-0.25, -0.2) is 4.39 Å². The van der Waals surface area contributed by atoms with Gasteiger partial charge in [0.2, 0.25) is 0 Å². The van der Waals surface area contributed by atoms with Crippen molar-refractivity contribution in [3.63, 3.8) is 0 Å². The third-order valence-electron chi connectivity index (χ3n) is 5.84. The minimum Gasteiger partial charge on any atom is -0.497 e. The lowest BCUT2D eigenvalue weighted by Gasteiger charge is -2.35. The summed E-state index contributed by atoms with van der Waals surface area (Å²) in [5, 5.41) is 9.75. The molecule has 1 unspecified atom stereocenters. The molecule has 0 saturated carbocycles. The van der Waals surface area contributed by atoms with Crippen LogP contribution in [0.25, 0.3) is 0 Å². The fraction of sp³-hybridized carbons (Fsp3) is 0.292. The average Bonchev–Trinajstić information content (AvgIpc) is 2.73. The fourth-order valence-corrected chi connectivity index (χ4v) is 4.37. The zero-order valence-corrected chi connectivity index (χ0v) is 16.4. The van der Waals surface area contributed by atoms with Crippen LogP contribution in [0.2, 0.25) is 0 Å². The van der Waals surface area contributed by atoms with Gasteiger partial charge in [-0.2, -0.15) is 5.26 Å². The van der Waals surface area contributed by atoms with Gasteiger partial charge in [0.15, 0.2) is 5.78 Å². The normalized spacial score (nSPS) is 23.9. The number of nitrogens with zero attached hydrogens (tertiary/aromatic N) is 2. The van der Waals surface area contributed by atoms with Crippen molar-refractivity contribution in [2.24, 2.45) is 10.9 Å². The van der Waals surface area contributed by atoms with Gasteiger partial charge < -0.3 is 4.74 Å². The molecule has 0 bridgehead atoms. The molecule has 0 fully saturated rings. The van der Waals surface area contributed by atoms with Gasteiger partial charge in [-0.3, -0.25) is 9.79 Å². The maximum atomic E-state index is 13.4. The third-order valence-corrected chi connectivity index (χ3v) is 5.84. The first-order valence-electron chi connectivity index (χ1n) is 9.62. The van der Waals surface area contributed by atoms with Gasteiger partial charge in [-0.05, 0) is 54.7 Å². The highest BCUT2D eigenvalue weighted by molar-refractivity contribution is 6.03. The second kappa shape index (κ2) is 7.63. The Bertz CT molecular complexity index is 1050. The molecule has 2 aromatic carbocycles. The lowest BCUT2D eigenvalue weighted by atomic mass is 9.69. The molecule has 0 spiro atoms. The summed E-state index contributed by atoms with van der Waals surface area (Å²) in [6, 6.07) is 16.1.